The number of hydrogen-bond acceptors (Lipinski definition) is 5. The zero-order valence-electron chi connectivity index (χ0n) is 15.5. The van der Waals surface area contributed by atoms with Crippen LogP contribution in [0.25, 0.3) is 0 Å². The minimum Gasteiger partial charge on any atom is -0.444 e. The van der Waals surface area contributed by atoms with Crippen molar-refractivity contribution in [2.24, 2.45) is 0 Å². The predicted octanol–water partition coefficient (Wildman–Crippen LogP) is 2.95. The second-order valence-electron chi connectivity index (χ2n) is 7.35. The number of rotatable bonds is 3. The van der Waals surface area contributed by atoms with Crippen molar-refractivity contribution < 1.29 is 32.4 Å². The lowest BCUT2D eigenvalue weighted by atomic mass is 10.0. The van der Waals surface area contributed by atoms with E-state index in [1.165, 1.54) is 4.90 Å². The summed E-state index contributed by atoms with van der Waals surface area (Å²) in [5.74, 6) is -3.91. The molecule has 2 rings (SSSR count). The highest BCUT2D eigenvalue weighted by molar-refractivity contribution is 5.95. The van der Waals surface area contributed by atoms with E-state index in [1.54, 1.807) is 20.8 Å². The van der Waals surface area contributed by atoms with Crippen molar-refractivity contribution in [3.63, 3.8) is 0 Å². The van der Waals surface area contributed by atoms with Crippen LogP contribution in [0.3, 0.4) is 0 Å². The molecule has 11 heteroatoms. The van der Waals surface area contributed by atoms with Gasteiger partial charge in [0.25, 0.3) is 5.91 Å². The Morgan fingerprint density at radius 1 is 1.29 bits per heavy atom. The molecule has 1 aliphatic rings. The highest BCUT2D eigenvalue weighted by Crippen LogP contribution is 2.23. The topological polar surface area (TPSA) is 102 Å². The molecule has 1 fully saturated rings. The molecular formula is C17H20F3N3O5. The molecule has 1 heterocycles. The van der Waals surface area contributed by atoms with Gasteiger partial charge < -0.3 is 15.0 Å². The lowest BCUT2D eigenvalue weighted by Gasteiger charge is -2.36. The Hall–Kier alpha value is -2.85. The van der Waals surface area contributed by atoms with Crippen LogP contribution < -0.4 is 5.32 Å². The monoisotopic (exact) mass is 403 g/mol. The summed E-state index contributed by atoms with van der Waals surface area (Å²) in [6.45, 7) is 4.83. The van der Waals surface area contributed by atoms with Crippen LogP contribution >= 0.6 is 0 Å². The maximum atomic E-state index is 14.2. The minimum absolute atomic E-state index is 0.0683. The van der Waals surface area contributed by atoms with Crippen LogP contribution in [-0.4, -0.2) is 52.7 Å². The first-order valence-corrected chi connectivity index (χ1v) is 8.45. The summed E-state index contributed by atoms with van der Waals surface area (Å²) >= 11 is 0. The molecule has 1 aliphatic heterocycles. The molecule has 154 valence electrons. The third-order valence-electron chi connectivity index (χ3n) is 3.97. The van der Waals surface area contributed by atoms with E-state index in [9.17, 15) is 32.9 Å². The number of ether oxygens (including phenoxy) is 1. The molecule has 8 nitrogen and oxygen atoms in total. The zero-order chi connectivity index (χ0) is 21.2. The fraction of sp³-hybridized carbons (Fsp3) is 0.529. The van der Waals surface area contributed by atoms with Gasteiger partial charge in [-0.05, 0) is 27.2 Å². The van der Waals surface area contributed by atoms with Crippen molar-refractivity contribution in [2.75, 3.05) is 13.1 Å². The smallest absolute Gasteiger partial charge is 0.410 e. The van der Waals surface area contributed by atoms with Crippen LogP contribution in [0.15, 0.2) is 12.1 Å². The summed E-state index contributed by atoms with van der Waals surface area (Å²) in [7, 11) is 0. The van der Waals surface area contributed by atoms with E-state index in [0.29, 0.717) is 6.07 Å². The predicted molar refractivity (Wildman–Crippen MR) is 91.6 cm³/mol. The molecule has 1 unspecified atom stereocenters. The third-order valence-corrected chi connectivity index (χ3v) is 3.97. The molecule has 0 aliphatic carbocycles. The Morgan fingerprint density at radius 2 is 1.93 bits per heavy atom. The van der Waals surface area contributed by atoms with E-state index in [4.69, 9.17) is 4.74 Å². The van der Waals surface area contributed by atoms with Gasteiger partial charge in [0.05, 0.1) is 16.5 Å². The summed E-state index contributed by atoms with van der Waals surface area (Å²) in [6.07, 6.45) is -2.31. The first-order chi connectivity index (χ1) is 12.9. The first kappa shape index (κ1) is 21.5. The summed E-state index contributed by atoms with van der Waals surface area (Å²) in [4.78, 5) is 35.3. The van der Waals surface area contributed by atoms with Gasteiger partial charge in [0.2, 0.25) is 5.82 Å². The van der Waals surface area contributed by atoms with Gasteiger partial charge in [-0.2, -0.15) is 4.39 Å². The largest absolute Gasteiger partial charge is 0.444 e. The van der Waals surface area contributed by atoms with Gasteiger partial charge in [0, 0.05) is 25.2 Å². The van der Waals surface area contributed by atoms with Crippen molar-refractivity contribution in [3.05, 3.63) is 39.4 Å². The SMILES string of the molecule is CC(C)(C)OC(=O)N1CCC(F)[C@@H](NC(=O)c2cc([N+](=O)[O-])c(F)cc2F)C1. The average Bonchev–Trinajstić information content (AvgIpc) is 2.54. The maximum Gasteiger partial charge on any atom is 0.410 e. The number of carbonyl (C=O) groups is 2. The van der Waals surface area contributed by atoms with Crippen molar-refractivity contribution >= 4 is 17.7 Å². The Morgan fingerprint density at radius 3 is 2.50 bits per heavy atom. The van der Waals surface area contributed by atoms with Crippen molar-refractivity contribution in [2.45, 2.75) is 45.0 Å². The highest BCUT2D eigenvalue weighted by atomic mass is 19.1. The number of nitrogens with zero attached hydrogens (tertiary/aromatic N) is 2. The second-order valence-corrected chi connectivity index (χ2v) is 7.35. The number of halogens is 3. The molecule has 2 atom stereocenters. The molecule has 28 heavy (non-hydrogen) atoms. The normalized spacial score (nSPS) is 19.9. The van der Waals surface area contributed by atoms with E-state index < -0.39 is 57.6 Å². The molecule has 0 aromatic heterocycles. The van der Waals surface area contributed by atoms with Crippen molar-refractivity contribution in [3.8, 4) is 0 Å². The maximum absolute atomic E-state index is 14.2. The fourth-order valence-corrected chi connectivity index (χ4v) is 2.65. The summed E-state index contributed by atoms with van der Waals surface area (Å²) in [5.41, 5.74) is -2.64. The van der Waals surface area contributed by atoms with E-state index in [1.807, 2.05) is 0 Å². The Kier molecular flexibility index (Phi) is 6.15. The standard InChI is InChI=1S/C17H20F3N3O5/c1-17(2,3)28-16(25)22-5-4-10(18)13(8-22)21-15(24)9-6-14(23(26)27)12(20)7-11(9)19/h6-7,10,13H,4-5,8H2,1-3H3,(H,21,24)/t10?,13-/m0/s1. The molecule has 1 aromatic rings. The number of benzene rings is 1. The molecule has 1 aromatic carbocycles. The van der Waals surface area contributed by atoms with Gasteiger partial charge in [-0.1, -0.05) is 0 Å². The van der Waals surface area contributed by atoms with Crippen molar-refractivity contribution in [1.29, 1.82) is 0 Å². The van der Waals surface area contributed by atoms with Gasteiger partial charge in [-0.25, -0.2) is 13.6 Å². The number of hydrogen-bond donors (Lipinski definition) is 1. The third kappa shape index (κ3) is 5.11. The summed E-state index contributed by atoms with van der Waals surface area (Å²) in [6, 6.07) is -0.521. The molecule has 0 saturated carbocycles. The second kappa shape index (κ2) is 8.03. The van der Waals surface area contributed by atoms with E-state index in [-0.39, 0.29) is 25.6 Å². The zero-order valence-corrected chi connectivity index (χ0v) is 15.5. The van der Waals surface area contributed by atoms with Crippen LogP contribution in [0.1, 0.15) is 37.6 Å². The lowest BCUT2D eigenvalue weighted by molar-refractivity contribution is -0.387. The lowest BCUT2D eigenvalue weighted by Crippen LogP contribution is -2.55. The van der Waals surface area contributed by atoms with E-state index in [0.717, 1.165) is 0 Å². The number of nitrogens with one attached hydrogen (secondary N) is 1. The number of carbonyl (C=O) groups excluding carboxylic acids is 2. The van der Waals surface area contributed by atoms with Crippen LogP contribution in [0.4, 0.5) is 23.7 Å². The molecule has 0 spiro atoms. The number of nitro benzene ring substituents is 1. The van der Waals surface area contributed by atoms with Crippen LogP contribution in [-0.2, 0) is 4.74 Å². The van der Waals surface area contributed by atoms with Crippen LogP contribution in [0, 0.1) is 21.7 Å². The van der Waals surface area contributed by atoms with Crippen LogP contribution in [0.2, 0.25) is 0 Å². The molecule has 0 bridgehead atoms. The van der Waals surface area contributed by atoms with Crippen molar-refractivity contribution in [1.82, 2.24) is 10.2 Å². The molecule has 2 amide bonds. The highest BCUT2D eigenvalue weighted by Gasteiger charge is 2.35. The van der Waals surface area contributed by atoms with Gasteiger partial charge in [0.15, 0.2) is 0 Å². The number of alkyl halides is 1. The fourth-order valence-electron chi connectivity index (χ4n) is 2.65. The quantitative estimate of drug-likeness (QED) is 0.618. The molecule has 1 N–H and O–H groups in total. The number of likely N-dealkylation sites (tertiary alicyclic amines) is 1. The van der Waals surface area contributed by atoms with Gasteiger partial charge in [-0.3, -0.25) is 14.9 Å². The number of nitro groups is 1. The van der Waals surface area contributed by atoms with E-state index >= 15 is 0 Å². The molecule has 1 saturated heterocycles. The van der Waals surface area contributed by atoms with Gasteiger partial charge >= 0.3 is 11.8 Å². The first-order valence-electron chi connectivity index (χ1n) is 8.45. The summed E-state index contributed by atoms with van der Waals surface area (Å²) < 4.78 is 46.7. The van der Waals surface area contributed by atoms with Crippen LogP contribution in [0.5, 0.6) is 0 Å². The number of piperidine rings is 1. The Bertz CT molecular complexity index is 797. The summed E-state index contributed by atoms with van der Waals surface area (Å²) in [5, 5.41) is 13.0. The Labute approximate surface area is 158 Å². The van der Waals surface area contributed by atoms with Gasteiger partial charge in [0.1, 0.15) is 17.6 Å². The average molecular weight is 403 g/mol. The minimum atomic E-state index is -1.53. The molecular weight excluding hydrogens is 383 g/mol. The number of amides is 2. The molecule has 0 radical (unpaired) electrons. The van der Waals surface area contributed by atoms with Gasteiger partial charge in [-0.15, -0.1) is 0 Å². The van der Waals surface area contributed by atoms with E-state index in [2.05, 4.69) is 5.32 Å². The Balaban J connectivity index is 2.15.